The molecule has 0 saturated carbocycles. The van der Waals surface area contributed by atoms with Crippen LogP contribution >= 0.6 is 0 Å². The van der Waals surface area contributed by atoms with Crippen LogP contribution in [0.1, 0.15) is 54.3 Å². The molecule has 0 amide bonds. The SMILES string of the molecule is Cc1ccc([C@@H]2OCc3c2cnc(C)c3OC(=O)OCCC(C)(C)CON(O)O)cc1. The van der Waals surface area contributed by atoms with E-state index in [2.05, 4.69) is 9.82 Å². The Balaban J connectivity index is 1.63. The quantitative estimate of drug-likeness (QED) is 0.467. The predicted molar refractivity (Wildman–Crippen MR) is 109 cm³/mol. The number of carbonyl (C=O) groups excluding carboxylic acids is 1. The summed E-state index contributed by atoms with van der Waals surface area (Å²) in [6.07, 6.45) is 1.09. The van der Waals surface area contributed by atoms with Crippen LogP contribution in [0.25, 0.3) is 0 Å². The fraction of sp³-hybridized carbons (Fsp3) is 0.455. The highest BCUT2D eigenvalue weighted by atomic mass is 17.1. The minimum Gasteiger partial charge on any atom is -0.434 e. The van der Waals surface area contributed by atoms with Gasteiger partial charge in [-0.2, -0.15) is 0 Å². The zero-order valence-corrected chi connectivity index (χ0v) is 18.1. The third-order valence-corrected chi connectivity index (χ3v) is 5.16. The number of aryl methyl sites for hydroxylation is 2. The number of benzene rings is 1. The van der Waals surface area contributed by atoms with Gasteiger partial charge in [-0.1, -0.05) is 43.7 Å². The van der Waals surface area contributed by atoms with Crippen LogP contribution in [0.15, 0.2) is 30.5 Å². The Bertz CT molecular complexity index is 913. The number of fused-ring (bicyclic) bond motifs is 1. The summed E-state index contributed by atoms with van der Waals surface area (Å²) in [5.41, 5.74) is 3.95. The van der Waals surface area contributed by atoms with Gasteiger partial charge in [-0.25, -0.2) is 4.79 Å². The first-order valence-electron chi connectivity index (χ1n) is 9.98. The average molecular weight is 432 g/mol. The molecule has 0 bridgehead atoms. The minimum absolute atomic E-state index is 0.0331. The van der Waals surface area contributed by atoms with E-state index in [1.807, 2.05) is 45.0 Å². The van der Waals surface area contributed by atoms with E-state index in [0.717, 1.165) is 22.3 Å². The Morgan fingerprint density at radius 3 is 2.65 bits per heavy atom. The zero-order chi connectivity index (χ0) is 22.6. The zero-order valence-electron chi connectivity index (χ0n) is 18.1. The molecule has 1 aromatic carbocycles. The largest absolute Gasteiger partial charge is 0.513 e. The van der Waals surface area contributed by atoms with Crippen LogP contribution in [0.2, 0.25) is 0 Å². The van der Waals surface area contributed by atoms with Crippen LogP contribution in [0, 0.1) is 19.3 Å². The molecule has 1 aliphatic rings. The molecule has 0 fully saturated rings. The van der Waals surface area contributed by atoms with E-state index >= 15 is 0 Å². The molecule has 2 N–H and O–H groups in total. The van der Waals surface area contributed by atoms with Crippen molar-refractivity contribution in [2.45, 2.75) is 46.8 Å². The van der Waals surface area contributed by atoms with Crippen LogP contribution in [-0.2, 0) is 20.9 Å². The molecule has 0 spiro atoms. The highest BCUT2D eigenvalue weighted by Gasteiger charge is 2.30. The van der Waals surface area contributed by atoms with Crippen LogP contribution in [0.5, 0.6) is 5.75 Å². The van der Waals surface area contributed by atoms with Crippen molar-refractivity contribution in [3.05, 3.63) is 58.4 Å². The lowest BCUT2D eigenvalue weighted by molar-refractivity contribution is -0.496. The van der Waals surface area contributed by atoms with Crippen LogP contribution < -0.4 is 4.74 Å². The van der Waals surface area contributed by atoms with Gasteiger partial charge in [0.2, 0.25) is 0 Å². The average Bonchev–Trinajstić information content (AvgIpc) is 3.13. The molecule has 0 radical (unpaired) electrons. The summed E-state index contributed by atoms with van der Waals surface area (Å²) in [6, 6.07) is 8.08. The summed E-state index contributed by atoms with van der Waals surface area (Å²) >= 11 is 0. The topological polar surface area (TPSA) is 111 Å². The van der Waals surface area contributed by atoms with Gasteiger partial charge in [0, 0.05) is 17.3 Å². The number of ether oxygens (including phenoxy) is 3. The van der Waals surface area contributed by atoms with Gasteiger partial charge < -0.3 is 14.2 Å². The van der Waals surface area contributed by atoms with Gasteiger partial charge in [-0.3, -0.25) is 20.2 Å². The molecule has 9 heteroatoms. The van der Waals surface area contributed by atoms with E-state index < -0.39 is 11.6 Å². The summed E-state index contributed by atoms with van der Waals surface area (Å²) in [5, 5.41) is 17.0. The second kappa shape index (κ2) is 9.71. The first kappa shape index (κ1) is 23.1. The third-order valence-electron chi connectivity index (χ3n) is 5.16. The van der Waals surface area contributed by atoms with Crippen LogP contribution in [0.4, 0.5) is 4.79 Å². The number of hydrogen-bond donors (Lipinski definition) is 2. The van der Waals surface area contributed by atoms with Crippen molar-refractivity contribution >= 4 is 6.16 Å². The molecule has 0 aliphatic carbocycles. The van der Waals surface area contributed by atoms with E-state index in [1.165, 1.54) is 0 Å². The van der Waals surface area contributed by atoms with Crippen molar-refractivity contribution in [1.82, 2.24) is 10.4 Å². The normalized spacial score (nSPS) is 15.8. The Morgan fingerprint density at radius 2 is 1.97 bits per heavy atom. The molecule has 168 valence electrons. The first-order chi connectivity index (χ1) is 14.7. The van der Waals surface area contributed by atoms with Gasteiger partial charge in [0.1, 0.15) is 6.10 Å². The molecule has 9 nitrogen and oxygen atoms in total. The molecule has 2 aromatic rings. The molecule has 0 saturated heterocycles. The van der Waals surface area contributed by atoms with E-state index in [-0.39, 0.29) is 24.7 Å². The van der Waals surface area contributed by atoms with Crippen LogP contribution in [-0.4, -0.2) is 40.2 Å². The molecule has 1 aliphatic heterocycles. The Labute approximate surface area is 181 Å². The smallest absolute Gasteiger partial charge is 0.434 e. The lowest BCUT2D eigenvalue weighted by Crippen LogP contribution is -2.27. The lowest BCUT2D eigenvalue weighted by Gasteiger charge is -2.24. The van der Waals surface area contributed by atoms with Gasteiger partial charge in [-0.15, -0.1) is 0 Å². The monoisotopic (exact) mass is 432 g/mol. The molecule has 3 rings (SSSR count). The number of rotatable bonds is 8. The maximum atomic E-state index is 12.3. The predicted octanol–water partition coefficient (Wildman–Crippen LogP) is 4.26. The van der Waals surface area contributed by atoms with Crippen molar-refractivity contribution in [3.8, 4) is 5.75 Å². The molecule has 0 unspecified atom stereocenters. The highest BCUT2D eigenvalue weighted by Crippen LogP contribution is 2.41. The van der Waals surface area contributed by atoms with Crippen LogP contribution in [0.3, 0.4) is 0 Å². The summed E-state index contributed by atoms with van der Waals surface area (Å²) in [5.74, 6) is 0.357. The lowest BCUT2D eigenvalue weighted by atomic mass is 9.91. The third kappa shape index (κ3) is 5.99. The van der Waals surface area contributed by atoms with Crippen molar-refractivity contribution in [2.75, 3.05) is 13.2 Å². The maximum Gasteiger partial charge on any atom is 0.513 e. The van der Waals surface area contributed by atoms with Gasteiger partial charge in [0.25, 0.3) is 0 Å². The van der Waals surface area contributed by atoms with Gasteiger partial charge in [-0.05, 0) is 31.2 Å². The summed E-state index contributed by atoms with van der Waals surface area (Å²) < 4.78 is 16.7. The molecule has 31 heavy (non-hydrogen) atoms. The maximum absolute atomic E-state index is 12.3. The van der Waals surface area contributed by atoms with E-state index in [1.54, 1.807) is 13.1 Å². The van der Waals surface area contributed by atoms with Crippen molar-refractivity contribution in [2.24, 2.45) is 5.41 Å². The second-order valence-corrected chi connectivity index (χ2v) is 8.35. The Hall–Kier alpha value is -2.56. The van der Waals surface area contributed by atoms with Crippen molar-refractivity contribution < 1.29 is 34.3 Å². The van der Waals surface area contributed by atoms with Gasteiger partial charge in [0.15, 0.2) is 5.75 Å². The summed E-state index contributed by atoms with van der Waals surface area (Å²) in [7, 11) is 0. The Kier molecular flexibility index (Phi) is 7.24. The fourth-order valence-electron chi connectivity index (χ4n) is 3.26. The highest BCUT2D eigenvalue weighted by molar-refractivity contribution is 5.66. The van der Waals surface area contributed by atoms with E-state index in [9.17, 15) is 4.79 Å². The van der Waals surface area contributed by atoms with Gasteiger partial charge in [0.05, 0.1) is 30.9 Å². The minimum atomic E-state index is -0.834. The summed E-state index contributed by atoms with van der Waals surface area (Å²) in [6.45, 7) is 7.89. The first-order valence-corrected chi connectivity index (χ1v) is 9.98. The number of pyridine rings is 1. The molecule has 2 heterocycles. The Morgan fingerprint density at radius 1 is 1.26 bits per heavy atom. The standard InChI is InChI=1S/C22H28N2O7/c1-14-5-7-16(8-6-14)20-17-11-23-15(2)19(18(17)12-29-20)31-21(25)28-10-9-22(3,4)13-30-24(26)27/h5-8,11,20,26-27H,9-10,12-13H2,1-4H3/t20-/m0/s1. The number of carbonyl (C=O) groups is 1. The fourth-order valence-corrected chi connectivity index (χ4v) is 3.26. The molecular formula is C22H28N2O7. The van der Waals surface area contributed by atoms with E-state index in [4.69, 9.17) is 24.6 Å². The molecule has 1 aromatic heterocycles. The second-order valence-electron chi connectivity index (χ2n) is 8.35. The van der Waals surface area contributed by atoms with E-state index in [0.29, 0.717) is 24.5 Å². The van der Waals surface area contributed by atoms with Crippen molar-refractivity contribution in [3.63, 3.8) is 0 Å². The number of aromatic nitrogens is 1. The van der Waals surface area contributed by atoms with Gasteiger partial charge >= 0.3 is 6.16 Å². The van der Waals surface area contributed by atoms with Crippen molar-refractivity contribution in [1.29, 1.82) is 0 Å². The number of hydrogen-bond acceptors (Lipinski definition) is 9. The molecular weight excluding hydrogens is 404 g/mol. The molecule has 1 atom stereocenters. The summed E-state index contributed by atoms with van der Waals surface area (Å²) in [4.78, 5) is 21.3. The number of nitrogens with zero attached hydrogens (tertiary/aromatic N) is 2.